The Morgan fingerprint density at radius 1 is 0.759 bits per heavy atom. The Hall–Kier alpha value is -3.47. The molecule has 0 spiro atoms. The van der Waals surface area contributed by atoms with Crippen molar-refractivity contribution in [3.63, 3.8) is 0 Å². The SMILES string of the molecule is Cc1cc(C)c(Nc2nc(C)nc(NCc3cccc4ccccc34)n2)c(C)c1. The first-order valence-corrected chi connectivity index (χ1v) is 9.77. The minimum atomic E-state index is 0.549. The minimum absolute atomic E-state index is 0.549. The monoisotopic (exact) mass is 383 g/mol. The van der Waals surface area contributed by atoms with E-state index in [0.29, 0.717) is 24.3 Å². The maximum atomic E-state index is 4.58. The molecule has 5 nitrogen and oxygen atoms in total. The predicted octanol–water partition coefficient (Wildman–Crippen LogP) is 5.61. The van der Waals surface area contributed by atoms with Crippen molar-refractivity contribution in [3.8, 4) is 0 Å². The molecule has 4 rings (SSSR count). The molecule has 0 unspecified atom stereocenters. The minimum Gasteiger partial charge on any atom is -0.350 e. The molecule has 5 heteroatoms. The molecule has 0 aliphatic rings. The molecular formula is C24H25N5. The van der Waals surface area contributed by atoms with Crippen molar-refractivity contribution in [2.45, 2.75) is 34.2 Å². The fourth-order valence-corrected chi connectivity index (χ4v) is 3.73. The summed E-state index contributed by atoms with van der Waals surface area (Å²) in [6, 6.07) is 19.0. The highest BCUT2D eigenvalue weighted by atomic mass is 15.2. The van der Waals surface area contributed by atoms with Crippen LogP contribution in [0.15, 0.2) is 54.6 Å². The second-order valence-electron chi connectivity index (χ2n) is 7.42. The van der Waals surface area contributed by atoms with Gasteiger partial charge in [-0.3, -0.25) is 0 Å². The number of aromatic nitrogens is 3. The summed E-state index contributed by atoms with van der Waals surface area (Å²) in [4.78, 5) is 13.5. The van der Waals surface area contributed by atoms with Gasteiger partial charge in [-0.1, -0.05) is 60.2 Å². The molecule has 0 saturated heterocycles. The quantitative estimate of drug-likeness (QED) is 0.469. The van der Waals surface area contributed by atoms with Crippen LogP contribution in [0.4, 0.5) is 17.6 Å². The molecule has 3 aromatic carbocycles. The Morgan fingerprint density at radius 3 is 2.24 bits per heavy atom. The van der Waals surface area contributed by atoms with Gasteiger partial charge in [-0.15, -0.1) is 0 Å². The van der Waals surface area contributed by atoms with Gasteiger partial charge in [0, 0.05) is 12.2 Å². The van der Waals surface area contributed by atoms with Crippen molar-refractivity contribution in [2.24, 2.45) is 0 Å². The van der Waals surface area contributed by atoms with Crippen molar-refractivity contribution in [2.75, 3.05) is 10.6 Å². The van der Waals surface area contributed by atoms with E-state index in [1.807, 2.05) is 6.92 Å². The molecule has 1 heterocycles. The number of hydrogen-bond donors (Lipinski definition) is 2. The maximum absolute atomic E-state index is 4.58. The molecule has 4 aromatic rings. The van der Waals surface area contributed by atoms with Crippen molar-refractivity contribution in [1.82, 2.24) is 15.0 Å². The molecule has 146 valence electrons. The third-order valence-electron chi connectivity index (χ3n) is 4.98. The molecule has 0 aliphatic carbocycles. The Morgan fingerprint density at radius 2 is 1.45 bits per heavy atom. The van der Waals surface area contributed by atoms with Crippen molar-refractivity contribution in [1.29, 1.82) is 0 Å². The van der Waals surface area contributed by atoms with E-state index in [4.69, 9.17) is 0 Å². The van der Waals surface area contributed by atoms with Crippen molar-refractivity contribution in [3.05, 3.63) is 82.7 Å². The Balaban J connectivity index is 1.57. The second kappa shape index (κ2) is 7.87. The lowest BCUT2D eigenvalue weighted by Crippen LogP contribution is -2.09. The summed E-state index contributed by atoms with van der Waals surface area (Å²) < 4.78 is 0. The third-order valence-corrected chi connectivity index (χ3v) is 4.98. The van der Waals surface area contributed by atoms with Crippen molar-refractivity contribution >= 4 is 28.4 Å². The number of hydrogen-bond acceptors (Lipinski definition) is 5. The van der Waals surface area contributed by atoms with Crippen molar-refractivity contribution < 1.29 is 0 Å². The van der Waals surface area contributed by atoms with Gasteiger partial charge in [-0.05, 0) is 55.2 Å². The average molecular weight is 383 g/mol. The smallest absolute Gasteiger partial charge is 0.232 e. The number of rotatable bonds is 5. The topological polar surface area (TPSA) is 62.7 Å². The highest BCUT2D eigenvalue weighted by molar-refractivity contribution is 5.85. The highest BCUT2D eigenvalue weighted by Gasteiger charge is 2.09. The lowest BCUT2D eigenvalue weighted by molar-refractivity contribution is 0.960. The van der Waals surface area contributed by atoms with Gasteiger partial charge < -0.3 is 10.6 Å². The average Bonchev–Trinajstić information content (AvgIpc) is 2.69. The van der Waals surface area contributed by atoms with Crippen LogP contribution in [0.1, 0.15) is 28.1 Å². The van der Waals surface area contributed by atoms with Gasteiger partial charge in [0.2, 0.25) is 11.9 Å². The standard InChI is InChI=1S/C24H25N5/c1-15-12-16(2)22(17(3)13-15)28-24-27-18(4)26-23(29-24)25-14-20-10-7-9-19-8-5-6-11-21(19)20/h5-13H,14H2,1-4H3,(H2,25,26,27,28,29). The van der Waals surface area contributed by atoms with Gasteiger partial charge in [0.15, 0.2) is 0 Å². The summed E-state index contributed by atoms with van der Waals surface area (Å²) in [5, 5.41) is 9.19. The van der Waals surface area contributed by atoms with Gasteiger partial charge in [-0.25, -0.2) is 0 Å². The highest BCUT2D eigenvalue weighted by Crippen LogP contribution is 2.25. The van der Waals surface area contributed by atoms with Crippen LogP contribution in [-0.2, 0) is 6.54 Å². The Kier molecular flexibility index (Phi) is 5.12. The molecular weight excluding hydrogens is 358 g/mol. The van der Waals surface area contributed by atoms with E-state index in [1.54, 1.807) is 0 Å². The largest absolute Gasteiger partial charge is 0.350 e. The summed E-state index contributed by atoms with van der Waals surface area (Å²) >= 11 is 0. The second-order valence-corrected chi connectivity index (χ2v) is 7.42. The van der Waals surface area contributed by atoms with Crippen LogP contribution in [-0.4, -0.2) is 15.0 Å². The number of anilines is 3. The zero-order chi connectivity index (χ0) is 20.4. The fraction of sp³-hybridized carbons (Fsp3) is 0.208. The Labute approximate surface area is 171 Å². The van der Waals surface area contributed by atoms with Gasteiger partial charge in [0.1, 0.15) is 5.82 Å². The Bertz CT molecular complexity index is 1150. The number of benzene rings is 3. The van der Waals surface area contributed by atoms with Gasteiger partial charge in [0.05, 0.1) is 0 Å². The maximum Gasteiger partial charge on any atom is 0.232 e. The number of nitrogens with zero attached hydrogens (tertiary/aromatic N) is 3. The third kappa shape index (κ3) is 4.19. The molecule has 0 bridgehead atoms. The fourth-order valence-electron chi connectivity index (χ4n) is 3.73. The van der Waals surface area contributed by atoms with Crippen LogP contribution < -0.4 is 10.6 Å². The first kappa shape index (κ1) is 18.9. The van der Waals surface area contributed by atoms with E-state index in [-0.39, 0.29) is 0 Å². The lowest BCUT2D eigenvalue weighted by Gasteiger charge is -2.14. The van der Waals surface area contributed by atoms with Gasteiger partial charge >= 0.3 is 0 Å². The molecule has 0 fully saturated rings. The zero-order valence-corrected chi connectivity index (χ0v) is 17.2. The number of nitrogens with one attached hydrogen (secondary N) is 2. The molecule has 0 aliphatic heterocycles. The summed E-state index contributed by atoms with van der Waals surface area (Å²) in [5.41, 5.74) is 5.84. The van der Waals surface area contributed by atoms with Crippen LogP contribution in [0.25, 0.3) is 10.8 Å². The molecule has 29 heavy (non-hydrogen) atoms. The first-order valence-electron chi connectivity index (χ1n) is 9.77. The lowest BCUT2D eigenvalue weighted by atomic mass is 10.0. The molecule has 0 saturated carbocycles. The number of aryl methyl sites for hydroxylation is 4. The zero-order valence-electron chi connectivity index (χ0n) is 17.2. The van der Waals surface area contributed by atoms with Gasteiger partial charge in [0.25, 0.3) is 0 Å². The van der Waals surface area contributed by atoms with E-state index >= 15 is 0 Å². The van der Waals surface area contributed by atoms with E-state index in [0.717, 1.165) is 5.69 Å². The van der Waals surface area contributed by atoms with Crippen LogP contribution in [0.3, 0.4) is 0 Å². The van der Waals surface area contributed by atoms with Crippen LogP contribution in [0, 0.1) is 27.7 Å². The van der Waals surface area contributed by atoms with Gasteiger partial charge in [-0.2, -0.15) is 15.0 Å². The summed E-state index contributed by atoms with van der Waals surface area (Å²) in [5.74, 6) is 1.79. The van der Waals surface area contributed by atoms with E-state index in [2.05, 4.69) is 101 Å². The number of fused-ring (bicyclic) bond motifs is 1. The predicted molar refractivity (Wildman–Crippen MR) is 120 cm³/mol. The van der Waals surface area contributed by atoms with E-state index in [1.165, 1.54) is 33.0 Å². The van der Waals surface area contributed by atoms with Crippen LogP contribution in [0.2, 0.25) is 0 Å². The molecule has 2 N–H and O–H groups in total. The summed E-state index contributed by atoms with van der Waals surface area (Å²) in [7, 11) is 0. The van der Waals surface area contributed by atoms with E-state index < -0.39 is 0 Å². The molecule has 1 aromatic heterocycles. The first-order chi connectivity index (χ1) is 14.0. The van der Waals surface area contributed by atoms with E-state index in [9.17, 15) is 0 Å². The molecule has 0 amide bonds. The molecule has 0 radical (unpaired) electrons. The molecule has 0 atom stereocenters. The van der Waals surface area contributed by atoms with Crippen LogP contribution >= 0.6 is 0 Å². The summed E-state index contributed by atoms with van der Waals surface area (Å²) in [6.07, 6.45) is 0. The normalized spacial score (nSPS) is 10.9. The summed E-state index contributed by atoms with van der Waals surface area (Å²) in [6.45, 7) is 8.82. The van der Waals surface area contributed by atoms with Crippen LogP contribution in [0.5, 0.6) is 0 Å².